The number of hydrogen-bond acceptors (Lipinski definition) is 4. The van der Waals surface area contributed by atoms with Gasteiger partial charge in [0.2, 0.25) is 5.75 Å². The zero-order valence-corrected chi connectivity index (χ0v) is 13.5. The van der Waals surface area contributed by atoms with E-state index in [1.165, 1.54) is 6.08 Å². The van der Waals surface area contributed by atoms with Crippen LogP contribution in [-0.2, 0) is 0 Å². The van der Waals surface area contributed by atoms with E-state index in [0.29, 0.717) is 29.4 Å². The second kappa shape index (κ2) is 8.03. The summed E-state index contributed by atoms with van der Waals surface area (Å²) in [6.45, 7) is 2.40. The zero-order valence-electron chi connectivity index (χ0n) is 13.5. The summed E-state index contributed by atoms with van der Waals surface area (Å²) in [7, 11) is 3.14. The molecule has 2 aromatic carbocycles. The molecule has 0 saturated carbocycles. The van der Waals surface area contributed by atoms with Gasteiger partial charge >= 0.3 is 0 Å². The molecule has 0 fully saturated rings. The van der Waals surface area contributed by atoms with E-state index in [0.717, 1.165) is 5.56 Å². The van der Waals surface area contributed by atoms with Gasteiger partial charge in [-0.15, -0.1) is 0 Å². The summed E-state index contributed by atoms with van der Waals surface area (Å²) in [5, 5.41) is 0. The number of hydrogen-bond donors (Lipinski definition) is 0. The molecular formula is C19H20O4. The van der Waals surface area contributed by atoms with Crippen molar-refractivity contribution in [2.45, 2.75) is 6.92 Å². The van der Waals surface area contributed by atoms with Crippen molar-refractivity contribution in [3.8, 4) is 17.2 Å². The molecule has 120 valence electrons. The minimum atomic E-state index is -0.0579. The van der Waals surface area contributed by atoms with Gasteiger partial charge in [0.05, 0.1) is 20.8 Å². The molecule has 0 aliphatic carbocycles. The van der Waals surface area contributed by atoms with Crippen molar-refractivity contribution >= 4 is 11.9 Å². The Balaban J connectivity index is 2.29. The van der Waals surface area contributed by atoms with Crippen LogP contribution in [0.25, 0.3) is 6.08 Å². The molecule has 0 unspecified atom stereocenters. The molecule has 0 bridgehead atoms. The first kappa shape index (κ1) is 16.6. The van der Waals surface area contributed by atoms with Crippen molar-refractivity contribution in [1.82, 2.24) is 0 Å². The van der Waals surface area contributed by atoms with Crippen LogP contribution in [-0.4, -0.2) is 26.6 Å². The highest BCUT2D eigenvalue weighted by Crippen LogP contribution is 2.38. The van der Waals surface area contributed by atoms with Crippen molar-refractivity contribution in [2.24, 2.45) is 0 Å². The fourth-order valence-electron chi connectivity index (χ4n) is 2.15. The lowest BCUT2D eigenvalue weighted by molar-refractivity contribution is 0.104. The molecule has 2 rings (SSSR count). The van der Waals surface area contributed by atoms with E-state index in [2.05, 4.69) is 0 Å². The first-order valence-corrected chi connectivity index (χ1v) is 7.35. The summed E-state index contributed by atoms with van der Waals surface area (Å²) < 4.78 is 16.3. The van der Waals surface area contributed by atoms with Gasteiger partial charge in [0, 0.05) is 5.56 Å². The van der Waals surface area contributed by atoms with E-state index in [4.69, 9.17) is 14.2 Å². The fraction of sp³-hybridized carbons (Fsp3) is 0.211. The molecule has 0 aliphatic heterocycles. The molecule has 4 heteroatoms. The largest absolute Gasteiger partial charge is 0.493 e. The molecule has 23 heavy (non-hydrogen) atoms. The smallest absolute Gasteiger partial charge is 0.203 e. The van der Waals surface area contributed by atoms with Gasteiger partial charge in [0.25, 0.3) is 0 Å². The average molecular weight is 312 g/mol. The maximum absolute atomic E-state index is 12.1. The van der Waals surface area contributed by atoms with E-state index in [1.54, 1.807) is 32.4 Å². The fourth-order valence-corrected chi connectivity index (χ4v) is 2.15. The minimum absolute atomic E-state index is 0.0579. The Kier molecular flexibility index (Phi) is 5.80. The van der Waals surface area contributed by atoms with Crippen LogP contribution < -0.4 is 14.2 Å². The third-order valence-corrected chi connectivity index (χ3v) is 3.26. The second-order valence-electron chi connectivity index (χ2n) is 4.75. The lowest BCUT2D eigenvalue weighted by Gasteiger charge is -2.14. The molecule has 0 spiro atoms. The highest BCUT2D eigenvalue weighted by molar-refractivity contribution is 6.06. The molecule has 0 saturated heterocycles. The molecule has 0 amide bonds. The Bertz CT molecular complexity index is 665. The summed E-state index contributed by atoms with van der Waals surface area (Å²) in [6.07, 6.45) is 3.26. The van der Waals surface area contributed by atoms with Gasteiger partial charge in [-0.3, -0.25) is 4.79 Å². The summed E-state index contributed by atoms with van der Waals surface area (Å²) in [5.74, 6) is 1.64. The predicted octanol–water partition coefficient (Wildman–Crippen LogP) is 4.00. The summed E-state index contributed by atoms with van der Waals surface area (Å²) in [5.41, 5.74) is 1.44. The molecule has 2 aromatic rings. The summed E-state index contributed by atoms with van der Waals surface area (Å²) >= 11 is 0. The maximum atomic E-state index is 12.1. The van der Waals surface area contributed by atoms with Gasteiger partial charge in [0.1, 0.15) is 0 Å². The van der Waals surface area contributed by atoms with E-state index < -0.39 is 0 Å². The SMILES string of the molecule is CCOc1c(OC)cc(/C=C/C(=O)c2ccccc2)cc1OC. The highest BCUT2D eigenvalue weighted by Gasteiger charge is 2.13. The Morgan fingerprint density at radius 1 is 1.04 bits per heavy atom. The lowest BCUT2D eigenvalue weighted by atomic mass is 10.1. The number of rotatable bonds is 7. The number of methoxy groups -OCH3 is 2. The van der Waals surface area contributed by atoms with Crippen molar-refractivity contribution in [3.63, 3.8) is 0 Å². The molecule has 0 aromatic heterocycles. The number of ketones is 1. The van der Waals surface area contributed by atoms with Crippen molar-refractivity contribution in [2.75, 3.05) is 20.8 Å². The van der Waals surface area contributed by atoms with Crippen molar-refractivity contribution < 1.29 is 19.0 Å². The summed E-state index contributed by atoms with van der Waals surface area (Å²) in [4.78, 5) is 12.1. The van der Waals surface area contributed by atoms with E-state index in [1.807, 2.05) is 37.3 Å². The van der Waals surface area contributed by atoms with Gasteiger partial charge in [-0.1, -0.05) is 36.4 Å². The molecular weight excluding hydrogens is 292 g/mol. The molecule has 0 N–H and O–H groups in total. The minimum Gasteiger partial charge on any atom is -0.493 e. The maximum Gasteiger partial charge on any atom is 0.203 e. The van der Waals surface area contributed by atoms with Crippen LogP contribution in [0, 0.1) is 0 Å². The van der Waals surface area contributed by atoms with E-state index >= 15 is 0 Å². The van der Waals surface area contributed by atoms with Crippen LogP contribution in [0.2, 0.25) is 0 Å². The highest BCUT2D eigenvalue weighted by atomic mass is 16.5. The number of carbonyl (C=O) groups is 1. The quantitative estimate of drug-likeness (QED) is 0.572. The molecule has 0 heterocycles. The monoisotopic (exact) mass is 312 g/mol. The third kappa shape index (κ3) is 4.13. The number of ether oxygens (including phenoxy) is 3. The van der Waals surface area contributed by atoms with Crippen LogP contribution in [0.3, 0.4) is 0 Å². The first-order valence-electron chi connectivity index (χ1n) is 7.35. The number of benzene rings is 2. The molecule has 0 atom stereocenters. The second-order valence-corrected chi connectivity index (χ2v) is 4.75. The lowest BCUT2D eigenvalue weighted by Crippen LogP contribution is -1.99. The standard InChI is InChI=1S/C19H20O4/c1-4-23-19-17(21-2)12-14(13-18(19)22-3)10-11-16(20)15-8-6-5-7-9-15/h5-13H,4H2,1-3H3/b11-10+. The van der Waals surface area contributed by atoms with Crippen LogP contribution in [0.4, 0.5) is 0 Å². The average Bonchev–Trinajstić information content (AvgIpc) is 2.61. The van der Waals surface area contributed by atoms with E-state index in [-0.39, 0.29) is 5.78 Å². The Labute approximate surface area is 136 Å². The Hall–Kier alpha value is -2.75. The number of carbonyl (C=O) groups excluding carboxylic acids is 1. The van der Waals surface area contributed by atoms with Gasteiger partial charge in [-0.2, -0.15) is 0 Å². The molecule has 0 radical (unpaired) electrons. The van der Waals surface area contributed by atoms with Gasteiger partial charge in [0.15, 0.2) is 17.3 Å². The van der Waals surface area contributed by atoms with Gasteiger partial charge in [-0.05, 0) is 30.7 Å². The molecule has 4 nitrogen and oxygen atoms in total. The van der Waals surface area contributed by atoms with Crippen LogP contribution >= 0.6 is 0 Å². The molecule has 0 aliphatic rings. The normalized spacial score (nSPS) is 10.6. The van der Waals surface area contributed by atoms with Crippen molar-refractivity contribution in [1.29, 1.82) is 0 Å². The Morgan fingerprint density at radius 3 is 2.17 bits per heavy atom. The van der Waals surface area contributed by atoms with Gasteiger partial charge < -0.3 is 14.2 Å². The third-order valence-electron chi connectivity index (χ3n) is 3.26. The number of allylic oxidation sites excluding steroid dienone is 1. The zero-order chi connectivity index (χ0) is 16.7. The van der Waals surface area contributed by atoms with Crippen LogP contribution in [0.5, 0.6) is 17.2 Å². The first-order chi connectivity index (χ1) is 11.2. The summed E-state index contributed by atoms with van der Waals surface area (Å²) in [6, 6.07) is 12.7. The van der Waals surface area contributed by atoms with Crippen LogP contribution in [0.1, 0.15) is 22.8 Å². The van der Waals surface area contributed by atoms with Crippen molar-refractivity contribution in [3.05, 3.63) is 59.7 Å². The Morgan fingerprint density at radius 2 is 1.65 bits per heavy atom. The topological polar surface area (TPSA) is 44.8 Å². The van der Waals surface area contributed by atoms with Gasteiger partial charge in [-0.25, -0.2) is 0 Å². The van der Waals surface area contributed by atoms with E-state index in [9.17, 15) is 4.79 Å². The van der Waals surface area contributed by atoms with Crippen LogP contribution in [0.15, 0.2) is 48.5 Å². The predicted molar refractivity (Wildman–Crippen MR) is 90.5 cm³/mol.